The monoisotopic (exact) mass is 335 g/mol. The van der Waals surface area contributed by atoms with Crippen LogP contribution in [0.5, 0.6) is 5.75 Å². The van der Waals surface area contributed by atoms with Crippen LogP contribution in [0.1, 0.15) is 23.0 Å². The summed E-state index contributed by atoms with van der Waals surface area (Å²) in [7, 11) is 1.79. The summed E-state index contributed by atoms with van der Waals surface area (Å²) in [5, 5.41) is 0. The maximum atomic E-state index is 12.8. The number of nitrogens with zero attached hydrogens (tertiary/aromatic N) is 3. The smallest absolute Gasteiger partial charge is 0.272 e. The van der Waals surface area contributed by atoms with Crippen molar-refractivity contribution in [1.29, 1.82) is 0 Å². The van der Waals surface area contributed by atoms with Gasteiger partial charge < -0.3 is 9.64 Å². The first kappa shape index (κ1) is 16.8. The highest BCUT2D eigenvalue weighted by atomic mass is 16.5. The van der Waals surface area contributed by atoms with Gasteiger partial charge in [-0.3, -0.25) is 9.36 Å². The number of hydrogen-bond donors (Lipinski definition) is 0. The number of aromatic nitrogens is 2. The van der Waals surface area contributed by atoms with Crippen molar-refractivity contribution < 1.29 is 9.53 Å². The highest BCUT2D eigenvalue weighted by Crippen LogP contribution is 2.16. The van der Waals surface area contributed by atoms with Crippen LogP contribution < -0.4 is 4.74 Å². The van der Waals surface area contributed by atoms with Crippen molar-refractivity contribution in [2.75, 3.05) is 13.7 Å². The van der Waals surface area contributed by atoms with Crippen LogP contribution in [0.4, 0.5) is 0 Å². The summed E-state index contributed by atoms with van der Waals surface area (Å²) in [5.41, 5.74) is 2.50. The van der Waals surface area contributed by atoms with Crippen LogP contribution in [-0.2, 0) is 6.54 Å². The Bertz CT molecular complexity index is 826. The Labute approximate surface area is 147 Å². The van der Waals surface area contributed by atoms with E-state index < -0.39 is 0 Å². The van der Waals surface area contributed by atoms with Gasteiger partial charge in [0.05, 0.1) is 19.1 Å². The Kier molecular flexibility index (Phi) is 5.14. The van der Waals surface area contributed by atoms with E-state index in [4.69, 9.17) is 4.74 Å². The standard InChI is InChI=1S/C20H21N3O2/c1-3-25-18-11-9-16(10-12-18)14-22(2)20(24)19-13-21-15-23(19)17-7-5-4-6-8-17/h4-13,15H,3,14H2,1-2H3. The van der Waals surface area contributed by atoms with Crippen LogP contribution in [0.3, 0.4) is 0 Å². The molecule has 0 aliphatic heterocycles. The van der Waals surface area contributed by atoms with Crippen LogP contribution in [0.2, 0.25) is 0 Å². The number of carbonyl (C=O) groups excluding carboxylic acids is 1. The zero-order valence-electron chi connectivity index (χ0n) is 14.4. The molecule has 0 aliphatic carbocycles. The molecule has 0 aliphatic rings. The third kappa shape index (κ3) is 3.88. The van der Waals surface area contributed by atoms with Crippen LogP contribution in [0.25, 0.3) is 5.69 Å². The van der Waals surface area contributed by atoms with Crippen molar-refractivity contribution in [2.45, 2.75) is 13.5 Å². The van der Waals surface area contributed by atoms with E-state index in [9.17, 15) is 4.79 Å². The molecule has 1 heterocycles. The van der Waals surface area contributed by atoms with Gasteiger partial charge in [0.15, 0.2) is 0 Å². The summed E-state index contributed by atoms with van der Waals surface area (Å²) in [5.74, 6) is 0.762. The molecule has 5 nitrogen and oxygen atoms in total. The van der Waals surface area contributed by atoms with Gasteiger partial charge in [0.1, 0.15) is 11.4 Å². The molecular weight excluding hydrogens is 314 g/mol. The molecular formula is C20H21N3O2. The van der Waals surface area contributed by atoms with Crippen molar-refractivity contribution in [2.24, 2.45) is 0 Å². The Morgan fingerprint density at radius 1 is 1.12 bits per heavy atom. The Balaban J connectivity index is 1.74. The van der Waals surface area contributed by atoms with Gasteiger partial charge in [-0.05, 0) is 36.8 Å². The lowest BCUT2D eigenvalue weighted by Gasteiger charge is -2.18. The third-order valence-electron chi connectivity index (χ3n) is 3.89. The van der Waals surface area contributed by atoms with Gasteiger partial charge in [0, 0.05) is 19.3 Å². The van der Waals surface area contributed by atoms with E-state index in [-0.39, 0.29) is 5.91 Å². The van der Waals surface area contributed by atoms with Crippen LogP contribution in [0.15, 0.2) is 67.1 Å². The summed E-state index contributed by atoms with van der Waals surface area (Å²) < 4.78 is 7.25. The maximum Gasteiger partial charge on any atom is 0.272 e. The number of carbonyl (C=O) groups is 1. The van der Waals surface area contributed by atoms with Crippen molar-refractivity contribution >= 4 is 5.91 Å². The molecule has 0 spiro atoms. The van der Waals surface area contributed by atoms with Crippen LogP contribution in [0, 0.1) is 0 Å². The zero-order chi connectivity index (χ0) is 17.6. The first-order valence-electron chi connectivity index (χ1n) is 8.24. The molecule has 2 aromatic carbocycles. The van der Waals surface area contributed by atoms with Gasteiger partial charge in [-0.25, -0.2) is 4.98 Å². The molecule has 0 radical (unpaired) electrons. The van der Waals surface area contributed by atoms with E-state index in [1.54, 1.807) is 29.0 Å². The predicted molar refractivity (Wildman–Crippen MR) is 97.0 cm³/mol. The molecule has 0 saturated carbocycles. The summed E-state index contributed by atoms with van der Waals surface area (Å²) >= 11 is 0. The number of imidazole rings is 1. The number of hydrogen-bond acceptors (Lipinski definition) is 3. The lowest BCUT2D eigenvalue weighted by Crippen LogP contribution is -2.28. The molecule has 1 aromatic heterocycles. The lowest BCUT2D eigenvalue weighted by molar-refractivity contribution is 0.0777. The van der Waals surface area contributed by atoms with Crippen molar-refractivity contribution in [1.82, 2.24) is 14.5 Å². The second-order valence-corrected chi connectivity index (χ2v) is 5.72. The SMILES string of the molecule is CCOc1ccc(CN(C)C(=O)c2cncn2-c2ccccc2)cc1. The average molecular weight is 335 g/mol. The highest BCUT2D eigenvalue weighted by molar-refractivity contribution is 5.92. The zero-order valence-corrected chi connectivity index (χ0v) is 14.4. The second-order valence-electron chi connectivity index (χ2n) is 5.72. The van der Waals surface area contributed by atoms with Crippen molar-refractivity contribution in [3.05, 3.63) is 78.4 Å². The maximum absolute atomic E-state index is 12.8. The van der Waals surface area contributed by atoms with E-state index in [1.807, 2.05) is 61.5 Å². The molecule has 0 atom stereocenters. The second kappa shape index (κ2) is 7.66. The number of para-hydroxylation sites is 1. The quantitative estimate of drug-likeness (QED) is 0.692. The van der Waals surface area contributed by atoms with Gasteiger partial charge in [-0.1, -0.05) is 30.3 Å². The fourth-order valence-electron chi connectivity index (χ4n) is 2.65. The van der Waals surface area contributed by atoms with Crippen LogP contribution in [-0.4, -0.2) is 34.0 Å². The normalized spacial score (nSPS) is 10.5. The molecule has 5 heteroatoms. The van der Waals surface area contributed by atoms with Crippen molar-refractivity contribution in [3.63, 3.8) is 0 Å². The summed E-state index contributed by atoms with van der Waals surface area (Å²) in [6.07, 6.45) is 3.26. The molecule has 3 aromatic rings. The first-order chi connectivity index (χ1) is 12.2. The van der Waals surface area contributed by atoms with Crippen molar-refractivity contribution in [3.8, 4) is 11.4 Å². The fourth-order valence-corrected chi connectivity index (χ4v) is 2.65. The van der Waals surface area contributed by atoms with Gasteiger partial charge in [-0.2, -0.15) is 0 Å². The van der Waals surface area contributed by atoms with Gasteiger partial charge in [-0.15, -0.1) is 0 Å². The molecule has 0 N–H and O–H groups in total. The predicted octanol–water partition coefficient (Wildman–Crippen LogP) is 3.54. The minimum absolute atomic E-state index is 0.0739. The number of rotatable bonds is 6. The molecule has 0 fully saturated rings. The molecule has 0 saturated heterocycles. The molecule has 25 heavy (non-hydrogen) atoms. The fraction of sp³-hybridized carbons (Fsp3) is 0.200. The molecule has 0 unspecified atom stereocenters. The van der Waals surface area contributed by atoms with E-state index in [1.165, 1.54) is 0 Å². The Morgan fingerprint density at radius 3 is 2.52 bits per heavy atom. The first-order valence-corrected chi connectivity index (χ1v) is 8.24. The van der Waals surface area contributed by atoms with Gasteiger partial charge in [0.2, 0.25) is 0 Å². The largest absolute Gasteiger partial charge is 0.494 e. The van der Waals surface area contributed by atoms with E-state index in [0.29, 0.717) is 18.8 Å². The van der Waals surface area contributed by atoms with Gasteiger partial charge >= 0.3 is 0 Å². The van der Waals surface area contributed by atoms with E-state index in [2.05, 4.69) is 4.98 Å². The molecule has 128 valence electrons. The van der Waals surface area contributed by atoms with E-state index >= 15 is 0 Å². The third-order valence-corrected chi connectivity index (χ3v) is 3.89. The average Bonchev–Trinajstić information content (AvgIpc) is 3.13. The van der Waals surface area contributed by atoms with Crippen LogP contribution >= 0.6 is 0 Å². The van der Waals surface area contributed by atoms with Gasteiger partial charge in [0.25, 0.3) is 5.91 Å². The minimum atomic E-state index is -0.0739. The Morgan fingerprint density at radius 2 is 1.84 bits per heavy atom. The molecule has 3 rings (SSSR count). The lowest BCUT2D eigenvalue weighted by atomic mass is 10.2. The van der Waals surface area contributed by atoms with E-state index in [0.717, 1.165) is 17.0 Å². The molecule has 1 amide bonds. The topological polar surface area (TPSA) is 47.4 Å². The summed E-state index contributed by atoms with van der Waals surface area (Å²) in [6.45, 7) is 3.11. The number of benzene rings is 2. The number of ether oxygens (including phenoxy) is 1. The molecule has 0 bridgehead atoms. The minimum Gasteiger partial charge on any atom is -0.494 e. The summed E-state index contributed by atoms with van der Waals surface area (Å²) in [6, 6.07) is 17.5. The highest BCUT2D eigenvalue weighted by Gasteiger charge is 2.17. The Hall–Kier alpha value is -3.08. The summed E-state index contributed by atoms with van der Waals surface area (Å²) in [4.78, 5) is 18.6. The number of amides is 1.